The molecule has 1 atom stereocenters. The van der Waals surface area contributed by atoms with Gasteiger partial charge in [-0.2, -0.15) is 0 Å². The number of aromatic nitrogens is 1. The van der Waals surface area contributed by atoms with Gasteiger partial charge in [-0.3, -0.25) is 4.79 Å². The predicted molar refractivity (Wildman–Crippen MR) is 83.9 cm³/mol. The molecule has 1 fully saturated rings. The Hall–Kier alpha value is -1.33. The molecule has 21 heavy (non-hydrogen) atoms. The summed E-state index contributed by atoms with van der Waals surface area (Å²) in [7, 11) is 3.39. The Morgan fingerprint density at radius 1 is 1.62 bits per heavy atom. The smallest absolute Gasteiger partial charge is 0.255 e. The highest BCUT2D eigenvalue weighted by atomic mass is 35.5. The van der Waals surface area contributed by atoms with E-state index in [4.69, 9.17) is 16.3 Å². The van der Waals surface area contributed by atoms with Gasteiger partial charge in [-0.15, -0.1) is 0 Å². The van der Waals surface area contributed by atoms with E-state index >= 15 is 0 Å². The number of hydrogen-bond acceptors (Lipinski definition) is 4. The highest BCUT2D eigenvalue weighted by molar-refractivity contribution is 6.33. The highest BCUT2D eigenvalue weighted by Gasteiger charge is 2.34. The topological polar surface area (TPSA) is 54.5 Å². The van der Waals surface area contributed by atoms with Crippen LogP contribution >= 0.6 is 11.6 Å². The number of nitrogens with zero attached hydrogens (tertiary/aromatic N) is 2. The third-order valence-electron chi connectivity index (χ3n) is 3.92. The number of amides is 1. The molecule has 1 saturated carbocycles. The van der Waals surface area contributed by atoms with Crippen molar-refractivity contribution in [2.24, 2.45) is 5.92 Å². The molecule has 1 unspecified atom stereocenters. The van der Waals surface area contributed by atoms with Gasteiger partial charge in [0.15, 0.2) is 0 Å². The van der Waals surface area contributed by atoms with Crippen LogP contribution in [0, 0.1) is 5.92 Å². The van der Waals surface area contributed by atoms with Crippen LogP contribution in [0.15, 0.2) is 12.3 Å². The zero-order valence-electron chi connectivity index (χ0n) is 12.7. The molecular formula is C15H22ClN3O2. The van der Waals surface area contributed by atoms with E-state index < -0.39 is 0 Å². The highest BCUT2D eigenvalue weighted by Crippen LogP contribution is 2.35. The molecule has 1 N–H and O–H groups in total. The number of carbonyl (C=O) groups is 1. The molecule has 0 bridgehead atoms. The molecular weight excluding hydrogens is 290 g/mol. The average molecular weight is 312 g/mol. The molecule has 0 aliphatic heterocycles. The summed E-state index contributed by atoms with van der Waals surface area (Å²) < 4.78 is 5.12. The van der Waals surface area contributed by atoms with E-state index in [-0.39, 0.29) is 11.9 Å². The first kappa shape index (κ1) is 16.0. The molecule has 1 aromatic heterocycles. The van der Waals surface area contributed by atoms with Gasteiger partial charge in [0.2, 0.25) is 0 Å². The van der Waals surface area contributed by atoms with Gasteiger partial charge in [0.25, 0.3) is 5.91 Å². The van der Waals surface area contributed by atoms with Gasteiger partial charge >= 0.3 is 0 Å². The largest absolute Gasteiger partial charge is 0.383 e. The summed E-state index contributed by atoms with van der Waals surface area (Å²) >= 11 is 6.12. The van der Waals surface area contributed by atoms with Crippen LogP contribution in [0.25, 0.3) is 0 Å². The predicted octanol–water partition coefficient (Wildman–Crippen LogP) is 2.66. The number of methoxy groups -OCH3 is 1. The van der Waals surface area contributed by atoms with E-state index in [0.717, 1.165) is 0 Å². The number of rotatable bonds is 7. The summed E-state index contributed by atoms with van der Waals surface area (Å²) in [6.45, 7) is 3.21. The Kier molecular flexibility index (Phi) is 5.42. The van der Waals surface area contributed by atoms with Crippen molar-refractivity contribution in [1.29, 1.82) is 0 Å². The van der Waals surface area contributed by atoms with Crippen molar-refractivity contribution >= 4 is 23.3 Å². The summed E-state index contributed by atoms with van der Waals surface area (Å²) in [6, 6.07) is 1.89. The molecule has 1 heterocycles. The Balaban J connectivity index is 2.18. The first-order valence-corrected chi connectivity index (χ1v) is 7.59. The lowest BCUT2D eigenvalue weighted by molar-refractivity contribution is 0.0594. The minimum Gasteiger partial charge on any atom is -0.383 e. The fourth-order valence-electron chi connectivity index (χ4n) is 2.42. The number of halogens is 1. The SMILES string of the molecule is CNc1ncc(C(=O)N(CCOC)C(C)C2CC2)cc1Cl. The monoisotopic (exact) mass is 311 g/mol. The molecule has 1 aliphatic rings. The first-order chi connectivity index (χ1) is 10.1. The van der Waals surface area contributed by atoms with E-state index in [1.165, 1.54) is 12.8 Å². The minimum absolute atomic E-state index is 0.0384. The molecule has 0 spiro atoms. The molecule has 1 amide bonds. The van der Waals surface area contributed by atoms with Crippen LogP contribution in [0.2, 0.25) is 5.02 Å². The van der Waals surface area contributed by atoms with Crippen LogP contribution in [0.3, 0.4) is 0 Å². The lowest BCUT2D eigenvalue weighted by Crippen LogP contribution is -2.42. The summed E-state index contributed by atoms with van der Waals surface area (Å²) in [5.74, 6) is 1.14. The molecule has 1 aliphatic carbocycles. The van der Waals surface area contributed by atoms with Gasteiger partial charge in [-0.05, 0) is 31.7 Å². The number of ether oxygens (including phenoxy) is 1. The van der Waals surface area contributed by atoms with Gasteiger partial charge in [0.1, 0.15) is 5.82 Å². The molecule has 116 valence electrons. The van der Waals surface area contributed by atoms with Crippen LogP contribution < -0.4 is 5.32 Å². The van der Waals surface area contributed by atoms with Crippen molar-refractivity contribution in [3.05, 3.63) is 22.8 Å². The zero-order chi connectivity index (χ0) is 15.4. The maximum atomic E-state index is 12.7. The summed E-state index contributed by atoms with van der Waals surface area (Å²) in [5, 5.41) is 3.34. The molecule has 5 nitrogen and oxygen atoms in total. The maximum Gasteiger partial charge on any atom is 0.255 e. The number of pyridine rings is 1. The lowest BCUT2D eigenvalue weighted by atomic mass is 10.1. The second-order valence-electron chi connectivity index (χ2n) is 5.37. The van der Waals surface area contributed by atoms with Crippen molar-refractivity contribution in [3.63, 3.8) is 0 Å². The first-order valence-electron chi connectivity index (χ1n) is 7.21. The summed E-state index contributed by atoms with van der Waals surface area (Å²) in [4.78, 5) is 18.8. The third-order valence-corrected chi connectivity index (χ3v) is 4.21. The van der Waals surface area contributed by atoms with E-state index in [1.54, 1.807) is 26.4 Å². The fourth-order valence-corrected chi connectivity index (χ4v) is 2.68. The van der Waals surface area contributed by atoms with Crippen molar-refractivity contribution < 1.29 is 9.53 Å². The van der Waals surface area contributed by atoms with Gasteiger partial charge in [0, 0.05) is 32.9 Å². The van der Waals surface area contributed by atoms with Crippen molar-refractivity contribution in [3.8, 4) is 0 Å². The Bertz CT molecular complexity index is 506. The molecule has 1 aromatic rings. The maximum absolute atomic E-state index is 12.7. The Morgan fingerprint density at radius 3 is 2.86 bits per heavy atom. The van der Waals surface area contributed by atoms with Gasteiger partial charge < -0.3 is 15.0 Å². The van der Waals surface area contributed by atoms with Crippen LogP contribution in [0.5, 0.6) is 0 Å². The Labute approximate surface area is 130 Å². The van der Waals surface area contributed by atoms with Crippen LogP contribution in [0.1, 0.15) is 30.1 Å². The van der Waals surface area contributed by atoms with Crippen LogP contribution in [-0.2, 0) is 4.74 Å². The van der Waals surface area contributed by atoms with Crippen LogP contribution in [-0.4, -0.2) is 49.1 Å². The van der Waals surface area contributed by atoms with E-state index in [2.05, 4.69) is 17.2 Å². The normalized spacial score (nSPS) is 15.6. The standard InChI is InChI=1S/C15H22ClN3O2/c1-10(11-4-5-11)19(6-7-21-3)15(20)12-8-13(16)14(17-2)18-9-12/h8-11H,4-7H2,1-3H3,(H,17,18). The van der Waals surface area contributed by atoms with Crippen LogP contribution in [0.4, 0.5) is 5.82 Å². The van der Waals surface area contributed by atoms with E-state index in [9.17, 15) is 4.79 Å². The average Bonchev–Trinajstić information content (AvgIpc) is 3.31. The van der Waals surface area contributed by atoms with Crippen molar-refractivity contribution in [2.75, 3.05) is 32.6 Å². The summed E-state index contributed by atoms with van der Waals surface area (Å²) in [5.41, 5.74) is 0.516. The third kappa shape index (κ3) is 3.86. The van der Waals surface area contributed by atoms with Gasteiger partial charge in [-0.1, -0.05) is 11.6 Å². The number of hydrogen-bond donors (Lipinski definition) is 1. The second kappa shape index (κ2) is 7.09. The van der Waals surface area contributed by atoms with Gasteiger partial charge in [0.05, 0.1) is 17.2 Å². The van der Waals surface area contributed by atoms with E-state index in [0.29, 0.717) is 35.5 Å². The Morgan fingerprint density at radius 2 is 2.33 bits per heavy atom. The van der Waals surface area contributed by atoms with Crippen molar-refractivity contribution in [1.82, 2.24) is 9.88 Å². The number of carbonyl (C=O) groups excluding carboxylic acids is 1. The molecule has 6 heteroatoms. The molecule has 0 saturated heterocycles. The number of anilines is 1. The zero-order valence-corrected chi connectivity index (χ0v) is 13.5. The number of nitrogens with one attached hydrogen (secondary N) is 1. The second-order valence-corrected chi connectivity index (χ2v) is 5.78. The quantitative estimate of drug-likeness (QED) is 0.841. The minimum atomic E-state index is -0.0384. The van der Waals surface area contributed by atoms with Gasteiger partial charge in [-0.25, -0.2) is 4.98 Å². The molecule has 0 radical (unpaired) electrons. The van der Waals surface area contributed by atoms with Crippen molar-refractivity contribution in [2.45, 2.75) is 25.8 Å². The molecule has 0 aromatic carbocycles. The summed E-state index contributed by atoms with van der Waals surface area (Å²) in [6.07, 6.45) is 3.95. The van der Waals surface area contributed by atoms with E-state index in [1.807, 2.05) is 4.90 Å². The fraction of sp³-hybridized carbons (Fsp3) is 0.600. The lowest BCUT2D eigenvalue weighted by Gasteiger charge is -2.29. The molecule has 2 rings (SSSR count).